The highest BCUT2D eigenvalue weighted by Crippen LogP contribution is 2.13. The van der Waals surface area contributed by atoms with Gasteiger partial charge >= 0.3 is 0 Å². The number of nitrogens with one attached hydrogen (secondary N) is 1. The maximum absolute atomic E-state index is 12.0. The van der Waals surface area contributed by atoms with Crippen LogP contribution in [0.4, 0.5) is 0 Å². The highest BCUT2D eigenvalue weighted by Gasteiger charge is 2.04. The van der Waals surface area contributed by atoms with Crippen molar-refractivity contribution >= 4 is 11.7 Å². The van der Waals surface area contributed by atoms with Crippen LogP contribution in [-0.4, -0.2) is 27.8 Å². The lowest BCUT2D eigenvalue weighted by Gasteiger charge is -2.08. The number of hydrogen-bond donors (Lipinski definition) is 1. The van der Waals surface area contributed by atoms with Gasteiger partial charge in [0.1, 0.15) is 5.75 Å². The Morgan fingerprint density at radius 2 is 1.76 bits per heavy atom. The summed E-state index contributed by atoms with van der Waals surface area (Å²) in [6.07, 6.45) is 6.52. The Morgan fingerprint density at radius 3 is 2.41 bits per heavy atom. The third-order valence-electron chi connectivity index (χ3n) is 4.51. The number of ketones is 1. The minimum absolute atomic E-state index is 0.00280. The zero-order chi connectivity index (χ0) is 20.5. The molecule has 0 radical (unpaired) electrons. The third kappa shape index (κ3) is 6.60. The molecule has 1 heterocycles. The van der Waals surface area contributed by atoms with Gasteiger partial charge in [0, 0.05) is 37.5 Å². The zero-order valence-corrected chi connectivity index (χ0v) is 16.5. The molecule has 6 heteroatoms. The van der Waals surface area contributed by atoms with E-state index in [1.54, 1.807) is 36.8 Å². The molecule has 3 aromatic rings. The number of benzene rings is 2. The lowest BCUT2D eigenvalue weighted by atomic mass is 10.1. The average Bonchev–Trinajstić information content (AvgIpc) is 3.24. The highest BCUT2D eigenvalue weighted by atomic mass is 16.5. The summed E-state index contributed by atoms with van der Waals surface area (Å²) in [4.78, 5) is 27.3. The molecular weight excluding hydrogens is 366 g/mol. The molecule has 1 N–H and O–H groups in total. The van der Waals surface area contributed by atoms with Crippen molar-refractivity contribution < 1.29 is 14.3 Å². The lowest BCUT2D eigenvalue weighted by Crippen LogP contribution is -2.23. The summed E-state index contributed by atoms with van der Waals surface area (Å²) >= 11 is 0. The number of imidazole rings is 1. The van der Waals surface area contributed by atoms with Crippen LogP contribution in [0.1, 0.15) is 41.3 Å². The summed E-state index contributed by atoms with van der Waals surface area (Å²) < 4.78 is 7.62. The van der Waals surface area contributed by atoms with E-state index < -0.39 is 0 Å². The van der Waals surface area contributed by atoms with Crippen molar-refractivity contribution in [2.24, 2.45) is 0 Å². The molecule has 6 nitrogen and oxygen atoms in total. The van der Waals surface area contributed by atoms with Gasteiger partial charge < -0.3 is 14.6 Å². The molecule has 0 bridgehead atoms. The van der Waals surface area contributed by atoms with Crippen LogP contribution in [0.5, 0.6) is 5.75 Å². The number of amides is 1. The first kappa shape index (κ1) is 20.3. The van der Waals surface area contributed by atoms with E-state index in [4.69, 9.17) is 4.74 Å². The van der Waals surface area contributed by atoms with Gasteiger partial charge in [-0.2, -0.15) is 0 Å². The zero-order valence-electron chi connectivity index (χ0n) is 16.5. The van der Waals surface area contributed by atoms with Crippen LogP contribution in [0, 0.1) is 0 Å². The van der Waals surface area contributed by atoms with Crippen LogP contribution in [0.25, 0.3) is 0 Å². The summed E-state index contributed by atoms with van der Waals surface area (Å²) in [7, 11) is 0. The second kappa shape index (κ2) is 10.2. The summed E-state index contributed by atoms with van der Waals surface area (Å²) in [5.41, 5.74) is 2.91. The maximum Gasteiger partial charge on any atom is 0.220 e. The lowest BCUT2D eigenvalue weighted by molar-refractivity contribution is -0.121. The van der Waals surface area contributed by atoms with Gasteiger partial charge in [-0.3, -0.25) is 9.59 Å². The Kier molecular flexibility index (Phi) is 7.16. The van der Waals surface area contributed by atoms with Gasteiger partial charge in [0.05, 0.1) is 12.9 Å². The number of hydrogen-bond acceptors (Lipinski definition) is 4. The molecule has 1 aromatic heterocycles. The smallest absolute Gasteiger partial charge is 0.220 e. The Labute approximate surface area is 170 Å². The van der Waals surface area contributed by atoms with Crippen LogP contribution in [0.3, 0.4) is 0 Å². The van der Waals surface area contributed by atoms with Crippen molar-refractivity contribution in [3.8, 4) is 5.75 Å². The van der Waals surface area contributed by atoms with Crippen LogP contribution >= 0.6 is 0 Å². The van der Waals surface area contributed by atoms with Crippen molar-refractivity contribution in [1.29, 1.82) is 0 Å². The number of aromatic nitrogens is 2. The fourth-order valence-electron chi connectivity index (χ4n) is 2.85. The summed E-state index contributed by atoms with van der Waals surface area (Å²) in [6.45, 7) is 3.28. The molecule has 2 aromatic carbocycles. The van der Waals surface area contributed by atoms with E-state index in [2.05, 4.69) is 22.4 Å². The number of carbonyl (C=O) groups is 2. The fourth-order valence-corrected chi connectivity index (χ4v) is 2.85. The average molecular weight is 391 g/mol. The standard InChI is InChI=1S/C23H25N3O3/c1-18(27)21-8-10-22(11-9-21)29-14-2-3-23(28)25-15-19-4-6-20(7-5-19)16-26-13-12-24-17-26/h4-13,17H,2-3,14-16H2,1H3,(H,25,28). The van der Waals surface area contributed by atoms with E-state index >= 15 is 0 Å². The predicted octanol–water partition coefficient (Wildman–Crippen LogP) is 3.61. The van der Waals surface area contributed by atoms with E-state index in [0.29, 0.717) is 37.3 Å². The first-order valence-corrected chi connectivity index (χ1v) is 9.64. The molecule has 0 unspecified atom stereocenters. The molecule has 0 atom stereocenters. The Morgan fingerprint density at radius 1 is 1.03 bits per heavy atom. The van der Waals surface area contributed by atoms with Gasteiger partial charge in [-0.15, -0.1) is 0 Å². The highest BCUT2D eigenvalue weighted by molar-refractivity contribution is 5.94. The molecule has 0 saturated carbocycles. The fraction of sp³-hybridized carbons (Fsp3) is 0.261. The Balaban J connectivity index is 1.33. The van der Waals surface area contributed by atoms with Crippen LogP contribution in [0.15, 0.2) is 67.3 Å². The molecular formula is C23H25N3O3. The summed E-state index contributed by atoms with van der Waals surface area (Å²) in [6, 6.07) is 15.2. The third-order valence-corrected chi connectivity index (χ3v) is 4.51. The van der Waals surface area contributed by atoms with E-state index in [1.165, 1.54) is 12.5 Å². The molecule has 1 amide bonds. The minimum atomic E-state index is 0.00280. The number of rotatable bonds is 10. The minimum Gasteiger partial charge on any atom is -0.494 e. The van der Waals surface area contributed by atoms with Crippen molar-refractivity contribution in [2.45, 2.75) is 32.9 Å². The Bertz CT molecular complexity index is 917. The molecule has 150 valence electrons. The van der Waals surface area contributed by atoms with Gasteiger partial charge in [0.2, 0.25) is 5.91 Å². The molecule has 0 aliphatic heterocycles. The molecule has 0 aliphatic carbocycles. The number of ether oxygens (including phenoxy) is 1. The first-order valence-electron chi connectivity index (χ1n) is 9.64. The van der Waals surface area contributed by atoms with E-state index in [9.17, 15) is 9.59 Å². The SMILES string of the molecule is CC(=O)c1ccc(OCCCC(=O)NCc2ccc(Cn3ccnc3)cc2)cc1. The van der Waals surface area contributed by atoms with Crippen LogP contribution in [0.2, 0.25) is 0 Å². The van der Waals surface area contributed by atoms with Crippen molar-refractivity contribution in [2.75, 3.05) is 6.61 Å². The Hall–Kier alpha value is -3.41. The van der Waals surface area contributed by atoms with Crippen molar-refractivity contribution in [3.05, 3.63) is 83.9 Å². The second-order valence-corrected chi connectivity index (χ2v) is 6.86. The second-order valence-electron chi connectivity index (χ2n) is 6.86. The molecule has 0 fully saturated rings. The maximum atomic E-state index is 12.0. The molecule has 0 saturated heterocycles. The van der Waals surface area contributed by atoms with Crippen LogP contribution in [-0.2, 0) is 17.9 Å². The largest absolute Gasteiger partial charge is 0.494 e. The van der Waals surface area contributed by atoms with Gasteiger partial charge in [-0.1, -0.05) is 24.3 Å². The van der Waals surface area contributed by atoms with Crippen LogP contribution < -0.4 is 10.1 Å². The quantitative estimate of drug-likeness (QED) is 0.423. The normalized spacial score (nSPS) is 10.5. The number of Topliss-reactive ketones (excluding diaryl/α,β-unsaturated/α-hetero) is 1. The van der Waals surface area contributed by atoms with Gasteiger partial charge in [-0.25, -0.2) is 4.98 Å². The van der Waals surface area contributed by atoms with E-state index in [-0.39, 0.29) is 11.7 Å². The van der Waals surface area contributed by atoms with E-state index in [0.717, 1.165) is 12.1 Å². The first-order chi connectivity index (χ1) is 14.1. The van der Waals surface area contributed by atoms with Gasteiger partial charge in [0.15, 0.2) is 5.78 Å². The van der Waals surface area contributed by atoms with Gasteiger partial charge in [0.25, 0.3) is 0 Å². The molecule has 0 spiro atoms. The van der Waals surface area contributed by atoms with Crippen molar-refractivity contribution in [3.63, 3.8) is 0 Å². The molecule has 0 aliphatic rings. The van der Waals surface area contributed by atoms with Gasteiger partial charge in [-0.05, 0) is 48.7 Å². The summed E-state index contributed by atoms with van der Waals surface area (Å²) in [5.74, 6) is 0.732. The monoisotopic (exact) mass is 391 g/mol. The topological polar surface area (TPSA) is 73.2 Å². The summed E-state index contributed by atoms with van der Waals surface area (Å²) in [5, 5.41) is 2.94. The number of carbonyl (C=O) groups excluding carboxylic acids is 2. The number of nitrogens with zero attached hydrogens (tertiary/aromatic N) is 2. The predicted molar refractivity (Wildman–Crippen MR) is 111 cm³/mol. The van der Waals surface area contributed by atoms with E-state index in [1.807, 2.05) is 22.9 Å². The molecule has 29 heavy (non-hydrogen) atoms. The molecule has 3 rings (SSSR count). The van der Waals surface area contributed by atoms with Crippen molar-refractivity contribution in [1.82, 2.24) is 14.9 Å².